The Morgan fingerprint density at radius 1 is 1.00 bits per heavy atom. The Bertz CT molecular complexity index is 849. The number of amides is 2. The van der Waals surface area contributed by atoms with Crippen molar-refractivity contribution >= 4 is 11.8 Å². The molecule has 0 saturated carbocycles. The molecule has 2 heterocycles. The van der Waals surface area contributed by atoms with E-state index in [1.807, 2.05) is 24.3 Å². The molecule has 0 atom stereocenters. The van der Waals surface area contributed by atoms with E-state index in [9.17, 15) is 14.0 Å². The van der Waals surface area contributed by atoms with Crippen molar-refractivity contribution in [2.45, 2.75) is 19.4 Å². The number of hydrogen-bond acceptors (Lipinski definition) is 2. The SMILES string of the molecule is O=C(CN1CCc2ccccc2C1=O)N1CCc2cccc(F)c2C1. The zero-order valence-electron chi connectivity index (χ0n) is 13.9. The number of carbonyl (C=O) groups is 2. The summed E-state index contributed by atoms with van der Waals surface area (Å²) in [6, 6.07) is 12.6. The zero-order valence-corrected chi connectivity index (χ0v) is 13.9. The molecule has 0 unspecified atom stereocenters. The predicted octanol–water partition coefficient (Wildman–Crippen LogP) is 2.41. The maximum absolute atomic E-state index is 14.0. The maximum atomic E-state index is 14.0. The molecule has 2 aliphatic heterocycles. The van der Waals surface area contributed by atoms with E-state index in [4.69, 9.17) is 0 Å². The molecule has 0 saturated heterocycles. The van der Waals surface area contributed by atoms with E-state index < -0.39 is 0 Å². The summed E-state index contributed by atoms with van der Waals surface area (Å²) in [4.78, 5) is 28.5. The molecule has 2 aliphatic rings. The van der Waals surface area contributed by atoms with Gasteiger partial charge in [0.25, 0.3) is 5.91 Å². The van der Waals surface area contributed by atoms with E-state index in [0.29, 0.717) is 30.6 Å². The van der Waals surface area contributed by atoms with E-state index in [0.717, 1.165) is 17.5 Å². The minimum Gasteiger partial charge on any atom is -0.336 e. The van der Waals surface area contributed by atoms with Crippen molar-refractivity contribution in [2.75, 3.05) is 19.6 Å². The monoisotopic (exact) mass is 338 g/mol. The number of fused-ring (bicyclic) bond motifs is 2. The Morgan fingerprint density at radius 2 is 1.76 bits per heavy atom. The van der Waals surface area contributed by atoms with Crippen LogP contribution in [0.5, 0.6) is 0 Å². The van der Waals surface area contributed by atoms with Gasteiger partial charge in [-0.1, -0.05) is 30.3 Å². The van der Waals surface area contributed by atoms with Gasteiger partial charge in [0.15, 0.2) is 0 Å². The van der Waals surface area contributed by atoms with Gasteiger partial charge < -0.3 is 9.80 Å². The summed E-state index contributed by atoms with van der Waals surface area (Å²) in [5, 5.41) is 0. The molecule has 2 aromatic rings. The summed E-state index contributed by atoms with van der Waals surface area (Å²) >= 11 is 0. The number of carbonyl (C=O) groups excluding carboxylic acids is 2. The van der Waals surface area contributed by atoms with Gasteiger partial charge in [0.05, 0.1) is 0 Å². The minimum atomic E-state index is -0.266. The van der Waals surface area contributed by atoms with E-state index >= 15 is 0 Å². The van der Waals surface area contributed by atoms with Crippen LogP contribution in [0.1, 0.15) is 27.0 Å². The van der Waals surface area contributed by atoms with Crippen LogP contribution >= 0.6 is 0 Å². The van der Waals surface area contributed by atoms with Crippen LogP contribution in [0.2, 0.25) is 0 Å². The molecule has 0 N–H and O–H groups in total. The van der Waals surface area contributed by atoms with Crippen LogP contribution in [-0.2, 0) is 24.2 Å². The molecule has 4 nitrogen and oxygen atoms in total. The van der Waals surface area contributed by atoms with Crippen molar-refractivity contribution in [1.29, 1.82) is 0 Å². The van der Waals surface area contributed by atoms with Crippen LogP contribution in [0, 0.1) is 5.82 Å². The fourth-order valence-corrected chi connectivity index (χ4v) is 3.64. The molecule has 0 aliphatic carbocycles. The molecule has 0 radical (unpaired) electrons. The molecule has 0 aromatic heterocycles. The first kappa shape index (κ1) is 15.8. The van der Waals surface area contributed by atoms with Crippen molar-refractivity contribution in [3.63, 3.8) is 0 Å². The molecule has 0 spiro atoms. The van der Waals surface area contributed by atoms with E-state index in [1.54, 1.807) is 21.9 Å². The summed E-state index contributed by atoms with van der Waals surface area (Å²) in [7, 11) is 0. The molecular formula is C20H19FN2O2. The third-order valence-corrected chi connectivity index (χ3v) is 5.08. The summed E-state index contributed by atoms with van der Waals surface area (Å²) < 4.78 is 14.0. The third-order valence-electron chi connectivity index (χ3n) is 5.08. The molecule has 5 heteroatoms. The van der Waals surface area contributed by atoms with E-state index in [1.165, 1.54) is 6.07 Å². The molecule has 128 valence electrons. The van der Waals surface area contributed by atoms with Gasteiger partial charge in [0.1, 0.15) is 12.4 Å². The van der Waals surface area contributed by atoms with Crippen molar-refractivity contribution in [3.8, 4) is 0 Å². The van der Waals surface area contributed by atoms with Gasteiger partial charge in [0, 0.05) is 30.8 Å². The summed E-state index contributed by atoms with van der Waals surface area (Å²) in [5.41, 5.74) is 3.27. The fourth-order valence-electron chi connectivity index (χ4n) is 3.64. The molecular weight excluding hydrogens is 319 g/mol. The average molecular weight is 338 g/mol. The largest absolute Gasteiger partial charge is 0.336 e. The average Bonchev–Trinajstić information content (AvgIpc) is 2.64. The first-order valence-corrected chi connectivity index (χ1v) is 8.54. The first-order valence-electron chi connectivity index (χ1n) is 8.54. The molecule has 2 aromatic carbocycles. The Labute approximate surface area is 145 Å². The van der Waals surface area contributed by atoms with E-state index in [-0.39, 0.29) is 30.7 Å². The normalized spacial score (nSPS) is 16.4. The van der Waals surface area contributed by atoms with Crippen molar-refractivity contribution in [3.05, 3.63) is 70.5 Å². The lowest BCUT2D eigenvalue weighted by atomic mass is 9.98. The lowest BCUT2D eigenvalue weighted by Crippen LogP contribution is -2.47. The topological polar surface area (TPSA) is 40.6 Å². The standard InChI is InChI=1S/C20H19FN2O2/c21-18-7-3-5-15-8-10-22(12-17(15)18)19(24)13-23-11-9-14-4-1-2-6-16(14)20(23)25/h1-7H,8-13H2. The Morgan fingerprint density at radius 3 is 2.64 bits per heavy atom. The van der Waals surface area contributed by atoms with Crippen LogP contribution in [-0.4, -0.2) is 41.2 Å². The second-order valence-corrected chi connectivity index (χ2v) is 6.58. The zero-order chi connectivity index (χ0) is 17.4. The second-order valence-electron chi connectivity index (χ2n) is 6.58. The Balaban J connectivity index is 1.47. The predicted molar refractivity (Wildman–Crippen MR) is 91.6 cm³/mol. The highest BCUT2D eigenvalue weighted by atomic mass is 19.1. The van der Waals surface area contributed by atoms with Gasteiger partial charge in [-0.15, -0.1) is 0 Å². The maximum Gasteiger partial charge on any atom is 0.254 e. The molecule has 25 heavy (non-hydrogen) atoms. The second kappa shape index (κ2) is 6.31. The Hall–Kier alpha value is -2.69. The number of halogens is 1. The smallest absolute Gasteiger partial charge is 0.254 e. The van der Waals surface area contributed by atoms with Crippen molar-refractivity contribution < 1.29 is 14.0 Å². The number of nitrogens with zero attached hydrogens (tertiary/aromatic N) is 2. The highest BCUT2D eigenvalue weighted by Gasteiger charge is 2.29. The number of rotatable bonds is 2. The molecule has 0 bridgehead atoms. The number of benzene rings is 2. The van der Waals surface area contributed by atoms with Gasteiger partial charge in [-0.25, -0.2) is 4.39 Å². The molecule has 2 amide bonds. The van der Waals surface area contributed by atoms with Crippen LogP contribution in [0.15, 0.2) is 42.5 Å². The summed E-state index contributed by atoms with van der Waals surface area (Å²) in [5.74, 6) is -0.488. The van der Waals surface area contributed by atoms with Crippen LogP contribution in [0.4, 0.5) is 4.39 Å². The minimum absolute atomic E-state index is 0.0525. The molecule has 4 rings (SSSR count). The van der Waals surface area contributed by atoms with Gasteiger partial charge in [0.2, 0.25) is 5.91 Å². The van der Waals surface area contributed by atoms with E-state index in [2.05, 4.69) is 0 Å². The first-order chi connectivity index (χ1) is 12.1. The fraction of sp³-hybridized carbons (Fsp3) is 0.300. The number of hydrogen-bond donors (Lipinski definition) is 0. The van der Waals surface area contributed by atoms with Crippen LogP contribution in [0.3, 0.4) is 0 Å². The van der Waals surface area contributed by atoms with Gasteiger partial charge in [-0.3, -0.25) is 9.59 Å². The Kier molecular flexibility index (Phi) is 3.99. The van der Waals surface area contributed by atoms with Crippen molar-refractivity contribution in [2.24, 2.45) is 0 Å². The lowest BCUT2D eigenvalue weighted by Gasteiger charge is -2.33. The highest BCUT2D eigenvalue weighted by molar-refractivity contribution is 5.98. The van der Waals surface area contributed by atoms with Gasteiger partial charge in [-0.05, 0) is 36.1 Å². The quantitative estimate of drug-likeness (QED) is 0.844. The highest BCUT2D eigenvalue weighted by Crippen LogP contribution is 2.23. The molecule has 0 fully saturated rings. The third kappa shape index (κ3) is 2.90. The van der Waals surface area contributed by atoms with Crippen molar-refractivity contribution in [1.82, 2.24) is 9.80 Å². The summed E-state index contributed by atoms with van der Waals surface area (Å²) in [6.45, 7) is 1.44. The van der Waals surface area contributed by atoms with Gasteiger partial charge in [-0.2, -0.15) is 0 Å². The van der Waals surface area contributed by atoms with Crippen LogP contribution < -0.4 is 0 Å². The summed E-state index contributed by atoms with van der Waals surface area (Å²) in [6.07, 6.45) is 1.41. The van der Waals surface area contributed by atoms with Crippen LogP contribution in [0.25, 0.3) is 0 Å². The van der Waals surface area contributed by atoms with Gasteiger partial charge >= 0.3 is 0 Å². The lowest BCUT2D eigenvalue weighted by molar-refractivity contribution is -0.132.